The third kappa shape index (κ3) is 4.00. The number of likely N-dealkylation sites (N-methyl/N-ethyl adjacent to an activating group) is 1. The molecular formula is C22H19ClF3N5. The maximum absolute atomic E-state index is 14.1. The number of aromatic nitrogens is 3. The zero-order valence-corrected chi connectivity index (χ0v) is 17.5. The fraction of sp³-hybridized carbons (Fsp3) is 0.227. The number of hydrogen-bond donors (Lipinski definition) is 0. The van der Waals surface area contributed by atoms with E-state index >= 15 is 0 Å². The molecule has 0 radical (unpaired) electrons. The van der Waals surface area contributed by atoms with Crippen molar-refractivity contribution < 1.29 is 13.2 Å². The van der Waals surface area contributed by atoms with Gasteiger partial charge in [-0.2, -0.15) is 13.2 Å². The number of halogens is 4. The van der Waals surface area contributed by atoms with E-state index < -0.39 is 11.7 Å². The minimum absolute atomic E-state index is 0.0341. The van der Waals surface area contributed by atoms with Crippen molar-refractivity contribution in [3.63, 3.8) is 0 Å². The molecule has 1 aliphatic rings. The van der Waals surface area contributed by atoms with Gasteiger partial charge in [0.1, 0.15) is 6.54 Å². The Morgan fingerprint density at radius 2 is 1.87 bits per heavy atom. The van der Waals surface area contributed by atoms with Crippen LogP contribution in [0.1, 0.15) is 28.3 Å². The lowest BCUT2D eigenvalue weighted by molar-refractivity contribution is -0.137. The van der Waals surface area contributed by atoms with Crippen molar-refractivity contribution in [1.82, 2.24) is 19.7 Å². The predicted molar refractivity (Wildman–Crippen MR) is 114 cm³/mol. The summed E-state index contributed by atoms with van der Waals surface area (Å²) >= 11 is 6.37. The van der Waals surface area contributed by atoms with Gasteiger partial charge in [0.2, 0.25) is 0 Å². The molecule has 1 aliphatic heterocycles. The van der Waals surface area contributed by atoms with Crippen molar-refractivity contribution >= 4 is 17.3 Å². The summed E-state index contributed by atoms with van der Waals surface area (Å²) in [5.41, 5.74) is 0.471. The molecule has 0 saturated heterocycles. The molecule has 2 heterocycles. The summed E-state index contributed by atoms with van der Waals surface area (Å²) < 4.78 is 43.7. The SMILES string of the molecule is C=CCN(C)Cc1nnc2n1-c1c(cccc1C(F)(F)F)C(c1ccccc1Cl)=NC2. The smallest absolute Gasteiger partial charge is 0.295 e. The average molecular weight is 446 g/mol. The van der Waals surface area contributed by atoms with Gasteiger partial charge in [-0.3, -0.25) is 14.5 Å². The molecule has 3 aromatic rings. The molecule has 0 N–H and O–H groups in total. The Labute approximate surface area is 182 Å². The molecule has 0 aliphatic carbocycles. The standard InChI is InChI=1S/C22H19ClF3N5/c1-3-11-30(2)13-19-29-28-18-12-27-20(14-7-4-5-10-17(14)23)15-8-6-9-16(22(24,25)26)21(15)31(18)19/h3-10H,1,11-13H2,2H3. The van der Waals surface area contributed by atoms with E-state index in [2.05, 4.69) is 21.8 Å². The molecule has 0 bridgehead atoms. The van der Waals surface area contributed by atoms with Gasteiger partial charge in [0.05, 0.1) is 23.5 Å². The highest BCUT2D eigenvalue weighted by atomic mass is 35.5. The number of rotatable bonds is 5. The summed E-state index contributed by atoms with van der Waals surface area (Å²) in [7, 11) is 1.84. The molecule has 9 heteroatoms. The number of nitrogens with zero attached hydrogens (tertiary/aromatic N) is 5. The first-order chi connectivity index (χ1) is 14.8. The third-order valence-corrected chi connectivity index (χ3v) is 5.31. The Morgan fingerprint density at radius 3 is 2.58 bits per heavy atom. The second-order valence-electron chi connectivity index (χ2n) is 7.20. The van der Waals surface area contributed by atoms with Crippen molar-refractivity contribution in [3.05, 3.63) is 88.5 Å². The Balaban J connectivity index is 1.98. The van der Waals surface area contributed by atoms with Gasteiger partial charge in [0.15, 0.2) is 11.6 Å². The second-order valence-corrected chi connectivity index (χ2v) is 7.60. The van der Waals surface area contributed by atoms with E-state index in [1.807, 2.05) is 11.9 Å². The van der Waals surface area contributed by atoms with Gasteiger partial charge in [0.25, 0.3) is 0 Å². The molecule has 5 nitrogen and oxygen atoms in total. The number of benzene rings is 2. The Hall–Kier alpha value is -2.97. The molecule has 0 atom stereocenters. The summed E-state index contributed by atoms with van der Waals surface area (Å²) in [6.45, 7) is 4.63. The van der Waals surface area contributed by atoms with Gasteiger partial charge in [-0.15, -0.1) is 16.8 Å². The maximum Gasteiger partial charge on any atom is 0.418 e. The largest absolute Gasteiger partial charge is 0.418 e. The van der Waals surface area contributed by atoms with Gasteiger partial charge in [-0.05, 0) is 19.2 Å². The summed E-state index contributed by atoms with van der Waals surface area (Å²) in [4.78, 5) is 6.49. The van der Waals surface area contributed by atoms with Crippen LogP contribution in [0.5, 0.6) is 0 Å². The number of hydrogen-bond acceptors (Lipinski definition) is 4. The summed E-state index contributed by atoms with van der Waals surface area (Å²) in [5.74, 6) is 0.731. The van der Waals surface area contributed by atoms with Crippen molar-refractivity contribution in [3.8, 4) is 5.69 Å². The monoisotopic (exact) mass is 445 g/mol. The van der Waals surface area contributed by atoms with Crippen LogP contribution in [0.2, 0.25) is 5.02 Å². The molecule has 0 fully saturated rings. The average Bonchev–Trinajstić information content (AvgIpc) is 3.02. The number of aliphatic imine (C=N–C) groups is 1. The highest BCUT2D eigenvalue weighted by molar-refractivity contribution is 6.35. The summed E-state index contributed by atoms with van der Waals surface area (Å²) in [6, 6.07) is 11.0. The van der Waals surface area contributed by atoms with E-state index in [0.717, 1.165) is 6.07 Å². The van der Waals surface area contributed by atoms with Crippen molar-refractivity contribution in [1.29, 1.82) is 0 Å². The molecule has 4 rings (SSSR count). The second kappa shape index (κ2) is 8.28. The first-order valence-corrected chi connectivity index (χ1v) is 9.92. The molecule has 160 valence electrons. The van der Waals surface area contributed by atoms with E-state index in [1.165, 1.54) is 10.6 Å². The first-order valence-electron chi connectivity index (χ1n) is 9.54. The van der Waals surface area contributed by atoms with Crippen LogP contribution < -0.4 is 0 Å². The molecule has 31 heavy (non-hydrogen) atoms. The Bertz CT molecular complexity index is 1170. The lowest BCUT2D eigenvalue weighted by atomic mass is 9.97. The predicted octanol–water partition coefficient (Wildman–Crippen LogP) is 4.91. The molecule has 0 unspecified atom stereocenters. The van der Waals surface area contributed by atoms with E-state index in [0.29, 0.717) is 46.6 Å². The number of fused-ring (bicyclic) bond motifs is 3. The minimum Gasteiger partial charge on any atom is -0.295 e. The van der Waals surface area contributed by atoms with Crippen molar-refractivity contribution in [2.45, 2.75) is 19.3 Å². The van der Waals surface area contributed by atoms with Crippen LogP contribution in [-0.4, -0.2) is 39.0 Å². The molecule has 1 aromatic heterocycles. The van der Waals surface area contributed by atoms with Crippen LogP contribution in [0, 0.1) is 0 Å². The highest BCUT2D eigenvalue weighted by Crippen LogP contribution is 2.39. The first kappa shape index (κ1) is 21.3. The van der Waals surface area contributed by atoms with Gasteiger partial charge in [-0.25, -0.2) is 0 Å². The molecule has 2 aromatic carbocycles. The highest BCUT2D eigenvalue weighted by Gasteiger charge is 2.38. The third-order valence-electron chi connectivity index (χ3n) is 4.98. The normalized spacial score (nSPS) is 13.4. The van der Waals surface area contributed by atoms with Crippen LogP contribution in [0.15, 0.2) is 60.1 Å². The number of alkyl halides is 3. The minimum atomic E-state index is -4.58. The van der Waals surface area contributed by atoms with Crippen LogP contribution in [0.25, 0.3) is 5.69 Å². The zero-order valence-electron chi connectivity index (χ0n) is 16.7. The van der Waals surface area contributed by atoms with E-state index in [1.54, 1.807) is 36.4 Å². The Morgan fingerprint density at radius 1 is 1.13 bits per heavy atom. The van der Waals surface area contributed by atoms with Crippen molar-refractivity contribution in [2.24, 2.45) is 4.99 Å². The fourth-order valence-corrected chi connectivity index (χ4v) is 3.89. The van der Waals surface area contributed by atoms with E-state index in [9.17, 15) is 13.2 Å². The van der Waals surface area contributed by atoms with Gasteiger partial charge in [-0.1, -0.05) is 48.0 Å². The zero-order chi connectivity index (χ0) is 22.2. The van der Waals surface area contributed by atoms with Gasteiger partial charge in [0, 0.05) is 22.7 Å². The van der Waals surface area contributed by atoms with E-state index in [4.69, 9.17) is 11.6 Å². The molecule has 0 spiro atoms. The summed E-state index contributed by atoms with van der Waals surface area (Å²) in [5, 5.41) is 8.74. The fourth-order valence-electron chi connectivity index (χ4n) is 3.67. The lowest BCUT2D eigenvalue weighted by Crippen LogP contribution is -2.22. The quantitative estimate of drug-likeness (QED) is 0.524. The van der Waals surface area contributed by atoms with Crippen LogP contribution >= 0.6 is 11.6 Å². The molecule has 0 amide bonds. The number of para-hydroxylation sites is 1. The Kier molecular flexibility index (Phi) is 5.68. The maximum atomic E-state index is 14.1. The van der Waals surface area contributed by atoms with E-state index in [-0.39, 0.29) is 12.2 Å². The van der Waals surface area contributed by atoms with Crippen LogP contribution in [0.3, 0.4) is 0 Å². The summed E-state index contributed by atoms with van der Waals surface area (Å²) in [6.07, 6.45) is -2.86. The van der Waals surface area contributed by atoms with Crippen LogP contribution in [-0.2, 0) is 19.3 Å². The lowest BCUT2D eigenvalue weighted by Gasteiger charge is -2.21. The van der Waals surface area contributed by atoms with Crippen LogP contribution in [0.4, 0.5) is 13.2 Å². The molecule has 0 saturated carbocycles. The molecular weight excluding hydrogens is 427 g/mol. The van der Waals surface area contributed by atoms with Crippen molar-refractivity contribution in [2.75, 3.05) is 13.6 Å². The topological polar surface area (TPSA) is 46.3 Å². The van der Waals surface area contributed by atoms with Gasteiger partial charge < -0.3 is 0 Å². The van der Waals surface area contributed by atoms with Gasteiger partial charge >= 0.3 is 6.18 Å².